The summed E-state index contributed by atoms with van der Waals surface area (Å²) < 4.78 is 0. The highest BCUT2D eigenvalue weighted by Gasteiger charge is 2.13. The molecule has 2 rings (SSSR count). The molecule has 4 nitrogen and oxygen atoms in total. The van der Waals surface area contributed by atoms with Gasteiger partial charge >= 0.3 is 6.03 Å². The van der Waals surface area contributed by atoms with Gasteiger partial charge in [-0.3, -0.25) is 0 Å². The van der Waals surface area contributed by atoms with E-state index in [1.807, 2.05) is 62.4 Å². The standard InChI is InChI=1S/C18H22N2O2/c1-13-7-6-10-17(14(13)2)20-18(22)19-16(12-21)11-15-8-4-3-5-9-15/h3-10,16,21H,11-12H2,1-2H3,(H2,19,20,22). The molecule has 0 aliphatic carbocycles. The Kier molecular flexibility index (Phi) is 5.55. The summed E-state index contributed by atoms with van der Waals surface area (Å²) in [5, 5.41) is 15.1. The van der Waals surface area contributed by atoms with Gasteiger partial charge in [0.25, 0.3) is 0 Å². The second-order valence-electron chi connectivity index (χ2n) is 5.42. The summed E-state index contributed by atoms with van der Waals surface area (Å²) >= 11 is 0. The van der Waals surface area contributed by atoms with Gasteiger partial charge in [-0.05, 0) is 43.0 Å². The van der Waals surface area contributed by atoms with Gasteiger partial charge in [-0.15, -0.1) is 0 Å². The topological polar surface area (TPSA) is 61.4 Å². The van der Waals surface area contributed by atoms with Gasteiger partial charge in [0, 0.05) is 5.69 Å². The number of amides is 2. The van der Waals surface area contributed by atoms with Crippen LogP contribution in [0.1, 0.15) is 16.7 Å². The van der Waals surface area contributed by atoms with Crippen LogP contribution in [0.3, 0.4) is 0 Å². The molecule has 2 aromatic rings. The number of hydrogen-bond donors (Lipinski definition) is 3. The second kappa shape index (κ2) is 7.61. The van der Waals surface area contributed by atoms with Crippen LogP contribution in [0.4, 0.5) is 10.5 Å². The fraction of sp³-hybridized carbons (Fsp3) is 0.278. The van der Waals surface area contributed by atoms with Gasteiger partial charge < -0.3 is 15.7 Å². The van der Waals surface area contributed by atoms with Gasteiger partial charge in [0.05, 0.1) is 12.6 Å². The highest BCUT2D eigenvalue weighted by atomic mass is 16.3. The lowest BCUT2D eigenvalue weighted by atomic mass is 10.1. The molecule has 0 saturated heterocycles. The maximum Gasteiger partial charge on any atom is 0.319 e. The van der Waals surface area contributed by atoms with Crippen LogP contribution >= 0.6 is 0 Å². The summed E-state index contributed by atoms with van der Waals surface area (Å²) in [7, 11) is 0. The van der Waals surface area contributed by atoms with E-state index in [1.54, 1.807) is 0 Å². The van der Waals surface area contributed by atoms with Crippen LogP contribution in [0.15, 0.2) is 48.5 Å². The molecule has 0 aliphatic rings. The molecular weight excluding hydrogens is 276 g/mol. The third-order valence-electron chi connectivity index (χ3n) is 3.73. The number of anilines is 1. The number of benzene rings is 2. The highest BCUT2D eigenvalue weighted by Crippen LogP contribution is 2.17. The molecule has 1 unspecified atom stereocenters. The van der Waals surface area contributed by atoms with Crippen molar-refractivity contribution >= 4 is 11.7 Å². The molecule has 0 fully saturated rings. The van der Waals surface area contributed by atoms with E-state index < -0.39 is 0 Å². The molecule has 3 N–H and O–H groups in total. The Balaban J connectivity index is 1.96. The van der Waals surface area contributed by atoms with E-state index in [0.717, 1.165) is 22.4 Å². The quantitative estimate of drug-likeness (QED) is 0.794. The fourth-order valence-corrected chi connectivity index (χ4v) is 2.29. The molecule has 0 bridgehead atoms. The molecule has 0 spiro atoms. The van der Waals surface area contributed by atoms with E-state index in [9.17, 15) is 9.90 Å². The average molecular weight is 298 g/mol. The first kappa shape index (κ1) is 16.0. The Morgan fingerprint density at radius 3 is 2.50 bits per heavy atom. The van der Waals surface area contributed by atoms with E-state index in [-0.39, 0.29) is 18.7 Å². The van der Waals surface area contributed by atoms with Gasteiger partial charge in [-0.2, -0.15) is 0 Å². The van der Waals surface area contributed by atoms with Gasteiger partial charge in [-0.1, -0.05) is 42.5 Å². The van der Waals surface area contributed by atoms with Gasteiger partial charge in [0.2, 0.25) is 0 Å². The molecule has 0 aromatic heterocycles. The van der Waals surface area contributed by atoms with E-state index in [0.29, 0.717) is 6.42 Å². The van der Waals surface area contributed by atoms with Crippen LogP contribution in [0.2, 0.25) is 0 Å². The summed E-state index contributed by atoms with van der Waals surface area (Å²) in [5.41, 5.74) is 4.03. The van der Waals surface area contributed by atoms with Crippen molar-refractivity contribution in [3.63, 3.8) is 0 Å². The molecular formula is C18H22N2O2. The van der Waals surface area contributed by atoms with E-state index in [1.165, 1.54) is 0 Å². The lowest BCUT2D eigenvalue weighted by molar-refractivity contribution is 0.224. The average Bonchev–Trinajstić information content (AvgIpc) is 2.52. The van der Waals surface area contributed by atoms with Crippen LogP contribution in [-0.4, -0.2) is 23.8 Å². The van der Waals surface area contributed by atoms with Crippen LogP contribution in [0.5, 0.6) is 0 Å². The SMILES string of the molecule is Cc1cccc(NC(=O)NC(CO)Cc2ccccc2)c1C. The fourth-order valence-electron chi connectivity index (χ4n) is 2.29. The predicted molar refractivity (Wildman–Crippen MR) is 89.1 cm³/mol. The lowest BCUT2D eigenvalue weighted by Crippen LogP contribution is -2.41. The molecule has 0 radical (unpaired) electrons. The minimum absolute atomic E-state index is 0.102. The van der Waals surface area contributed by atoms with E-state index >= 15 is 0 Å². The number of nitrogens with one attached hydrogen (secondary N) is 2. The van der Waals surface area contributed by atoms with E-state index in [4.69, 9.17) is 0 Å². The van der Waals surface area contributed by atoms with Crippen molar-refractivity contribution < 1.29 is 9.90 Å². The number of aliphatic hydroxyl groups excluding tert-OH is 1. The Labute approximate surface area is 131 Å². The Morgan fingerprint density at radius 1 is 1.09 bits per heavy atom. The number of rotatable bonds is 5. The zero-order valence-corrected chi connectivity index (χ0v) is 13.0. The van der Waals surface area contributed by atoms with Crippen LogP contribution in [0.25, 0.3) is 0 Å². The molecule has 1 atom stereocenters. The maximum absolute atomic E-state index is 12.1. The summed E-state index contributed by atoms with van der Waals surface area (Å²) in [5.74, 6) is 0. The first-order valence-electron chi connectivity index (χ1n) is 7.38. The van der Waals surface area contributed by atoms with Crippen LogP contribution in [0, 0.1) is 13.8 Å². The summed E-state index contributed by atoms with van der Waals surface area (Å²) in [6.45, 7) is 3.87. The number of aliphatic hydroxyl groups is 1. The highest BCUT2D eigenvalue weighted by molar-refractivity contribution is 5.90. The zero-order valence-electron chi connectivity index (χ0n) is 13.0. The summed E-state index contributed by atoms with van der Waals surface area (Å²) in [6.07, 6.45) is 0.595. The molecule has 2 aromatic carbocycles. The molecule has 2 amide bonds. The normalized spacial score (nSPS) is 11.8. The van der Waals surface area contributed by atoms with Gasteiger partial charge in [0.1, 0.15) is 0 Å². The third-order valence-corrected chi connectivity index (χ3v) is 3.73. The number of carbonyl (C=O) groups is 1. The third kappa shape index (κ3) is 4.33. The molecule has 116 valence electrons. The molecule has 0 heterocycles. The number of carbonyl (C=O) groups excluding carboxylic acids is 1. The Bertz CT molecular complexity index is 626. The molecule has 0 saturated carbocycles. The largest absolute Gasteiger partial charge is 0.394 e. The predicted octanol–water partition coefficient (Wildman–Crippen LogP) is 3.03. The van der Waals surface area contributed by atoms with Crippen molar-refractivity contribution in [3.8, 4) is 0 Å². The monoisotopic (exact) mass is 298 g/mol. The minimum Gasteiger partial charge on any atom is -0.394 e. The number of urea groups is 1. The van der Waals surface area contributed by atoms with Crippen molar-refractivity contribution in [2.75, 3.05) is 11.9 Å². The Hall–Kier alpha value is -2.33. The molecule has 22 heavy (non-hydrogen) atoms. The molecule has 0 aliphatic heterocycles. The van der Waals surface area contributed by atoms with Crippen LogP contribution < -0.4 is 10.6 Å². The molecule has 4 heteroatoms. The summed E-state index contributed by atoms with van der Waals surface area (Å²) in [4.78, 5) is 12.1. The smallest absolute Gasteiger partial charge is 0.319 e. The van der Waals surface area contributed by atoms with Crippen molar-refractivity contribution in [1.29, 1.82) is 0 Å². The second-order valence-corrected chi connectivity index (χ2v) is 5.42. The maximum atomic E-state index is 12.1. The van der Waals surface area contributed by atoms with E-state index in [2.05, 4.69) is 10.6 Å². The van der Waals surface area contributed by atoms with Crippen molar-refractivity contribution in [3.05, 3.63) is 65.2 Å². The zero-order chi connectivity index (χ0) is 15.9. The number of aryl methyl sites for hydroxylation is 1. The van der Waals surface area contributed by atoms with Crippen molar-refractivity contribution in [2.45, 2.75) is 26.3 Å². The lowest BCUT2D eigenvalue weighted by Gasteiger charge is -2.18. The van der Waals surface area contributed by atoms with Gasteiger partial charge in [0.15, 0.2) is 0 Å². The van der Waals surface area contributed by atoms with Gasteiger partial charge in [-0.25, -0.2) is 4.79 Å². The summed E-state index contributed by atoms with van der Waals surface area (Å²) in [6, 6.07) is 15.0. The van der Waals surface area contributed by atoms with Crippen LogP contribution in [-0.2, 0) is 6.42 Å². The minimum atomic E-state index is -0.312. The van der Waals surface area contributed by atoms with Crippen molar-refractivity contribution in [1.82, 2.24) is 5.32 Å². The first-order chi connectivity index (χ1) is 10.6. The first-order valence-corrected chi connectivity index (χ1v) is 7.38. The van der Waals surface area contributed by atoms with Crippen molar-refractivity contribution in [2.24, 2.45) is 0 Å². The Morgan fingerprint density at radius 2 is 1.82 bits per heavy atom. The number of hydrogen-bond acceptors (Lipinski definition) is 2.